The van der Waals surface area contributed by atoms with Gasteiger partial charge in [-0.3, -0.25) is 4.57 Å². The van der Waals surface area contributed by atoms with E-state index in [1.807, 2.05) is 44.2 Å². The van der Waals surface area contributed by atoms with Crippen LogP contribution in [0.3, 0.4) is 0 Å². The second-order valence-corrected chi connectivity index (χ2v) is 9.36. The number of aromatic nitrogens is 4. The molecule has 12 nitrogen and oxygen atoms in total. The van der Waals surface area contributed by atoms with Crippen molar-refractivity contribution in [3.8, 4) is 0 Å². The summed E-state index contributed by atoms with van der Waals surface area (Å²) in [7, 11) is 0. The lowest BCUT2D eigenvalue weighted by molar-refractivity contribution is -0.197. The fourth-order valence-corrected chi connectivity index (χ4v) is 4.75. The van der Waals surface area contributed by atoms with Gasteiger partial charge in [-0.15, -0.1) is 0 Å². The Hall–Kier alpha value is -3.32. The number of aliphatic hydroxyl groups is 1. The van der Waals surface area contributed by atoms with Crippen LogP contribution in [0.4, 0.5) is 10.6 Å². The van der Waals surface area contributed by atoms with Crippen molar-refractivity contribution < 1.29 is 28.8 Å². The highest BCUT2D eigenvalue weighted by Gasteiger charge is 2.56. The number of ether oxygens (including phenoxy) is 4. The Bertz CT molecular complexity index is 1200. The zero-order valence-electron chi connectivity index (χ0n) is 20.1. The number of anilines is 1. The lowest BCUT2D eigenvalue weighted by Gasteiger charge is -2.27. The summed E-state index contributed by atoms with van der Waals surface area (Å²) in [5, 5.41) is 12.5. The molecule has 5 rings (SSSR count). The number of alkyl carbamates (subject to hydrolysis) is 1. The average Bonchev–Trinajstić information content (AvgIpc) is 3.51. The van der Waals surface area contributed by atoms with E-state index in [1.54, 1.807) is 10.9 Å². The fourth-order valence-electron chi connectivity index (χ4n) is 4.75. The Morgan fingerprint density at radius 3 is 2.78 bits per heavy atom. The summed E-state index contributed by atoms with van der Waals surface area (Å²) >= 11 is 0. The topological polar surface area (TPSA) is 156 Å². The van der Waals surface area contributed by atoms with Gasteiger partial charge in [-0.25, -0.2) is 19.7 Å². The third-order valence-corrected chi connectivity index (χ3v) is 6.32. The standard InChI is InChI=1S/C24H30N6O6/c1-24(2)35-18-16(10-15(8-9-31)29-23(32)33-11-14-6-4-3-5-7-14)34-22(19(18)36-24)30-13-28-17-20(25)26-12-27-21(17)30/h3-7,12-13,15-16,18-19,22,31H,8-11H2,1-2H3,(H,29,32)(H2,25,26,27)/t15?,16-,18-,19-,22-/m1/s1. The number of benzene rings is 1. The predicted molar refractivity (Wildman–Crippen MR) is 127 cm³/mol. The Labute approximate surface area is 207 Å². The van der Waals surface area contributed by atoms with Crippen molar-refractivity contribution in [1.82, 2.24) is 24.8 Å². The molecule has 2 fully saturated rings. The lowest BCUT2D eigenvalue weighted by atomic mass is 10.0. The number of amides is 1. The normalized spacial score (nSPS) is 25.5. The maximum atomic E-state index is 12.5. The van der Waals surface area contributed by atoms with Crippen LogP contribution in [-0.2, 0) is 25.6 Å². The summed E-state index contributed by atoms with van der Waals surface area (Å²) < 4.78 is 25.9. The Morgan fingerprint density at radius 1 is 1.22 bits per heavy atom. The monoisotopic (exact) mass is 498 g/mol. The van der Waals surface area contributed by atoms with E-state index in [2.05, 4.69) is 20.3 Å². The molecule has 192 valence electrons. The van der Waals surface area contributed by atoms with Crippen molar-refractivity contribution in [3.05, 3.63) is 48.5 Å². The van der Waals surface area contributed by atoms with Gasteiger partial charge >= 0.3 is 6.09 Å². The second-order valence-electron chi connectivity index (χ2n) is 9.36. The maximum Gasteiger partial charge on any atom is 0.407 e. The van der Waals surface area contributed by atoms with Crippen LogP contribution in [0.15, 0.2) is 43.0 Å². The zero-order valence-corrected chi connectivity index (χ0v) is 20.1. The molecule has 0 radical (unpaired) electrons. The van der Waals surface area contributed by atoms with Gasteiger partial charge in [0.15, 0.2) is 23.5 Å². The summed E-state index contributed by atoms with van der Waals surface area (Å²) in [4.78, 5) is 25.1. The number of hydrogen-bond donors (Lipinski definition) is 3. The van der Waals surface area contributed by atoms with Crippen LogP contribution in [0, 0.1) is 0 Å². The van der Waals surface area contributed by atoms with Crippen LogP contribution in [0.25, 0.3) is 11.2 Å². The minimum atomic E-state index is -0.825. The number of nitrogen functional groups attached to an aromatic ring is 1. The van der Waals surface area contributed by atoms with E-state index < -0.39 is 42.5 Å². The third-order valence-electron chi connectivity index (χ3n) is 6.32. The van der Waals surface area contributed by atoms with Crippen molar-refractivity contribution in [2.75, 3.05) is 12.3 Å². The molecule has 1 unspecified atom stereocenters. The first-order valence-corrected chi connectivity index (χ1v) is 11.9. The molecule has 4 N–H and O–H groups in total. The molecule has 2 saturated heterocycles. The SMILES string of the molecule is CC1(C)O[C@@H]2[C@H](O1)[C@@H](CC(CCO)NC(=O)OCc1ccccc1)O[C@H]2n1cnc2c(N)ncnc21. The molecule has 3 aromatic rings. The van der Waals surface area contributed by atoms with E-state index >= 15 is 0 Å². The number of nitrogens with zero attached hydrogens (tertiary/aromatic N) is 4. The Morgan fingerprint density at radius 2 is 2.00 bits per heavy atom. The summed E-state index contributed by atoms with van der Waals surface area (Å²) in [6.07, 6.45) is 1.22. The first-order valence-electron chi connectivity index (χ1n) is 11.9. The number of aliphatic hydroxyl groups excluding tert-OH is 1. The van der Waals surface area contributed by atoms with Crippen LogP contribution in [0.1, 0.15) is 38.5 Å². The number of nitrogens with two attached hydrogens (primary N) is 1. The summed E-state index contributed by atoms with van der Waals surface area (Å²) in [6.45, 7) is 3.72. The molecular formula is C24H30N6O6. The largest absolute Gasteiger partial charge is 0.445 e. The van der Waals surface area contributed by atoms with Gasteiger partial charge in [-0.1, -0.05) is 30.3 Å². The van der Waals surface area contributed by atoms with Crippen LogP contribution in [0.2, 0.25) is 0 Å². The first kappa shape index (κ1) is 24.4. The van der Waals surface area contributed by atoms with Crippen molar-refractivity contribution in [2.24, 2.45) is 0 Å². The number of hydrogen-bond acceptors (Lipinski definition) is 10. The van der Waals surface area contributed by atoms with E-state index in [1.165, 1.54) is 6.33 Å². The fraction of sp³-hybridized carbons (Fsp3) is 0.500. The minimum absolute atomic E-state index is 0.112. The van der Waals surface area contributed by atoms with Gasteiger partial charge < -0.3 is 35.1 Å². The average molecular weight is 499 g/mol. The molecule has 0 bridgehead atoms. The molecule has 0 saturated carbocycles. The van der Waals surface area contributed by atoms with E-state index in [9.17, 15) is 9.90 Å². The first-order chi connectivity index (χ1) is 17.3. The van der Waals surface area contributed by atoms with Crippen LogP contribution in [-0.4, -0.2) is 67.5 Å². The van der Waals surface area contributed by atoms with Gasteiger partial charge in [0.05, 0.1) is 12.4 Å². The molecule has 2 aromatic heterocycles. The van der Waals surface area contributed by atoms with Crippen molar-refractivity contribution in [3.63, 3.8) is 0 Å². The predicted octanol–water partition coefficient (Wildman–Crippen LogP) is 1.89. The number of carbonyl (C=O) groups excluding carboxylic acids is 1. The van der Waals surface area contributed by atoms with Gasteiger partial charge in [-0.2, -0.15) is 0 Å². The van der Waals surface area contributed by atoms with Crippen molar-refractivity contribution in [1.29, 1.82) is 0 Å². The quantitative estimate of drug-likeness (QED) is 0.419. The highest BCUT2D eigenvalue weighted by atomic mass is 16.8. The maximum absolute atomic E-state index is 12.5. The number of imidazole rings is 1. The minimum Gasteiger partial charge on any atom is -0.445 e. The number of fused-ring (bicyclic) bond motifs is 2. The molecular weight excluding hydrogens is 468 g/mol. The number of carbonyl (C=O) groups is 1. The molecule has 5 atom stereocenters. The molecule has 1 aromatic carbocycles. The van der Waals surface area contributed by atoms with Crippen molar-refractivity contribution in [2.45, 2.75) is 69.7 Å². The summed E-state index contributed by atoms with van der Waals surface area (Å²) in [6, 6.07) is 9.00. The van der Waals surface area contributed by atoms with Crippen LogP contribution in [0.5, 0.6) is 0 Å². The van der Waals surface area contributed by atoms with Gasteiger partial charge in [0.1, 0.15) is 30.7 Å². The molecule has 12 heteroatoms. The van der Waals surface area contributed by atoms with Gasteiger partial charge in [0, 0.05) is 12.6 Å². The lowest BCUT2D eigenvalue weighted by Crippen LogP contribution is -2.41. The molecule has 2 aliphatic heterocycles. The van der Waals surface area contributed by atoms with E-state index in [-0.39, 0.29) is 19.0 Å². The molecule has 0 spiro atoms. The Kier molecular flexibility index (Phi) is 6.75. The van der Waals surface area contributed by atoms with E-state index in [0.29, 0.717) is 24.0 Å². The highest BCUT2D eigenvalue weighted by Crippen LogP contribution is 2.45. The summed E-state index contributed by atoms with van der Waals surface area (Å²) in [5.74, 6) is -0.552. The van der Waals surface area contributed by atoms with Crippen molar-refractivity contribution >= 4 is 23.1 Å². The van der Waals surface area contributed by atoms with E-state index in [4.69, 9.17) is 24.7 Å². The van der Waals surface area contributed by atoms with Gasteiger partial charge in [-0.05, 0) is 32.3 Å². The summed E-state index contributed by atoms with van der Waals surface area (Å²) in [5.41, 5.74) is 7.83. The molecule has 0 aliphatic carbocycles. The molecule has 2 aliphatic rings. The molecule has 1 amide bonds. The van der Waals surface area contributed by atoms with Crippen LogP contribution >= 0.6 is 0 Å². The smallest absolute Gasteiger partial charge is 0.407 e. The second kappa shape index (κ2) is 9.97. The Balaban J connectivity index is 1.31. The highest BCUT2D eigenvalue weighted by molar-refractivity contribution is 5.81. The van der Waals surface area contributed by atoms with Gasteiger partial charge in [0.2, 0.25) is 0 Å². The van der Waals surface area contributed by atoms with E-state index in [0.717, 1.165) is 5.56 Å². The third kappa shape index (κ3) is 4.98. The zero-order chi connectivity index (χ0) is 25.3. The molecule has 36 heavy (non-hydrogen) atoms. The van der Waals surface area contributed by atoms with Gasteiger partial charge in [0.25, 0.3) is 0 Å². The molecule has 4 heterocycles. The van der Waals surface area contributed by atoms with Crippen LogP contribution < -0.4 is 11.1 Å². The number of rotatable bonds is 8. The number of nitrogens with one attached hydrogen (secondary N) is 1.